The molecule has 9 heteroatoms. The van der Waals surface area contributed by atoms with Crippen LogP contribution in [0.15, 0.2) is 35.5 Å². The van der Waals surface area contributed by atoms with E-state index in [1.54, 1.807) is 4.90 Å². The van der Waals surface area contributed by atoms with Crippen LogP contribution in [0.3, 0.4) is 0 Å². The highest BCUT2D eigenvalue weighted by Gasteiger charge is 2.37. The van der Waals surface area contributed by atoms with Crippen LogP contribution in [0.25, 0.3) is 0 Å². The van der Waals surface area contributed by atoms with Crippen molar-refractivity contribution in [1.82, 2.24) is 19.7 Å². The van der Waals surface area contributed by atoms with Gasteiger partial charge in [0.05, 0.1) is 17.3 Å². The summed E-state index contributed by atoms with van der Waals surface area (Å²) in [4.78, 5) is 15.0. The third kappa shape index (κ3) is 4.42. The molecule has 1 saturated heterocycles. The van der Waals surface area contributed by atoms with Crippen molar-refractivity contribution in [2.45, 2.75) is 61.8 Å². The van der Waals surface area contributed by atoms with Gasteiger partial charge in [-0.3, -0.25) is 4.79 Å². The highest BCUT2D eigenvalue weighted by atomic mass is 32.2. The van der Waals surface area contributed by atoms with E-state index in [9.17, 15) is 13.2 Å². The number of benzene rings is 1. The fraction of sp³-hybridized carbons (Fsp3) is 0.571. The standard InChI is InChI=1S/C21H26N4O3S2/c26-19(13-29-21-23-22-20(16-6-7-16)25(21)17-8-9-17)24(12-15-4-2-1-3-5-15)18-10-11-30(27,28)14-18/h1-5,16-18H,6-14H2. The molecule has 0 N–H and O–H groups in total. The third-order valence-electron chi connectivity index (χ3n) is 6.04. The second-order valence-electron chi connectivity index (χ2n) is 8.57. The average molecular weight is 447 g/mol. The average Bonchev–Trinajstić information content (AvgIpc) is 3.67. The lowest BCUT2D eigenvalue weighted by atomic mass is 10.1. The van der Waals surface area contributed by atoms with Gasteiger partial charge in [-0.15, -0.1) is 10.2 Å². The first-order chi connectivity index (χ1) is 14.5. The van der Waals surface area contributed by atoms with Crippen LogP contribution in [0, 0.1) is 0 Å². The van der Waals surface area contributed by atoms with Gasteiger partial charge in [0.1, 0.15) is 5.82 Å². The minimum atomic E-state index is -3.07. The molecular formula is C21H26N4O3S2. The quantitative estimate of drug-likeness (QED) is 0.580. The van der Waals surface area contributed by atoms with E-state index in [1.807, 2.05) is 30.3 Å². The molecule has 1 atom stereocenters. The Morgan fingerprint density at radius 3 is 2.50 bits per heavy atom. The van der Waals surface area contributed by atoms with Crippen LogP contribution in [0.1, 0.15) is 55.5 Å². The second-order valence-corrected chi connectivity index (χ2v) is 11.7. The minimum absolute atomic E-state index is 0.0377. The lowest BCUT2D eigenvalue weighted by Gasteiger charge is -2.28. The smallest absolute Gasteiger partial charge is 0.233 e. The highest BCUT2D eigenvalue weighted by Crippen LogP contribution is 2.46. The number of thioether (sulfide) groups is 1. The van der Waals surface area contributed by atoms with Crippen molar-refractivity contribution < 1.29 is 13.2 Å². The van der Waals surface area contributed by atoms with E-state index in [1.165, 1.54) is 24.6 Å². The van der Waals surface area contributed by atoms with Crippen molar-refractivity contribution in [3.63, 3.8) is 0 Å². The van der Waals surface area contributed by atoms with Gasteiger partial charge in [-0.25, -0.2) is 8.42 Å². The monoisotopic (exact) mass is 446 g/mol. The molecule has 2 saturated carbocycles. The van der Waals surface area contributed by atoms with Gasteiger partial charge >= 0.3 is 0 Å². The fourth-order valence-electron chi connectivity index (χ4n) is 4.11. The van der Waals surface area contributed by atoms with Gasteiger partial charge in [0, 0.05) is 24.5 Å². The van der Waals surface area contributed by atoms with E-state index in [-0.39, 0.29) is 29.2 Å². The fourth-order valence-corrected chi connectivity index (χ4v) is 6.74. The zero-order valence-corrected chi connectivity index (χ0v) is 18.4. The Balaban J connectivity index is 1.31. The summed E-state index contributed by atoms with van der Waals surface area (Å²) in [7, 11) is -3.07. The van der Waals surface area contributed by atoms with Gasteiger partial charge in [-0.05, 0) is 37.7 Å². The SMILES string of the molecule is O=C(CSc1nnc(C2CC2)n1C1CC1)N(Cc1ccccc1)C1CCS(=O)(=O)C1. The first-order valence-electron chi connectivity index (χ1n) is 10.6. The van der Waals surface area contributed by atoms with Gasteiger partial charge in [-0.1, -0.05) is 42.1 Å². The van der Waals surface area contributed by atoms with Crippen LogP contribution < -0.4 is 0 Å². The summed E-state index contributed by atoms with van der Waals surface area (Å²) in [6.45, 7) is 0.434. The van der Waals surface area contributed by atoms with Gasteiger partial charge in [-0.2, -0.15) is 0 Å². The maximum Gasteiger partial charge on any atom is 0.233 e. The molecule has 0 radical (unpaired) electrons. The predicted octanol–water partition coefficient (Wildman–Crippen LogP) is 2.80. The lowest BCUT2D eigenvalue weighted by Crippen LogP contribution is -2.41. The number of amides is 1. The maximum absolute atomic E-state index is 13.2. The number of carbonyl (C=O) groups excluding carboxylic acids is 1. The Labute approximate surface area is 181 Å². The van der Waals surface area contributed by atoms with Crippen molar-refractivity contribution in [3.8, 4) is 0 Å². The number of carbonyl (C=O) groups is 1. The molecule has 1 unspecified atom stereocenters. The molecule has 2 aliphatic carbocycles. The van der Waals surface area contributed by atoms with E-state index in [0.29, 0.717) is 24.9 Å². The maximum atomic E-state index is 13.2. The Hall–Kier alpha value is -1.87. The summed E-state index contributed by atoms with van der Waals surface area (Å²) in [6, 6.07) is 9.99. The van der Waals surface area contributed by atoms with Crippen molar-refractivity contribution in [2.24, 2.45) is 0 Å². The molecule has 30 heavy (non-hydrogen) atoms. The second kappa shape index (κ2) is 8.00. The molecule has 0 bridgehead atoms. The zero-order chi connectivity index (χ0) is 20.7. The number of hydrogen-bond donors (Lipinski definition) is 0. The van der Waals surface area contributed by atoms with Crippen LogP contribution in [0.5, 0.6) is 0 Å². The summed E-state index contributed by atoms with van der Waals surface area (Å²) in [5.41, 5.74) is 1.01. The van der Waals surface area contributed by atoms with Crippen LogP contribution in [0.4, 0.5) is 0 Å². The summed E-state index contributed by atoms with van der Waals surface area (Å²) in [5, 5.41) is 9.62. The summed E-state index contributed by atoms with van der Waals surface area (Å²) in [5.74, 6) is 2.03. The van der Waals surface area contributed by atoms with E-state index in [2.05, 4.69) is 14.8 Å². The lowest BCUT2D eigenvalue weighted by molar-refractivity contribution is -0.130. The molecule has 3 fully saturated rings. The molecule has 2 aromatic rings. The Morgan fingerprint density at radius 2 is 1.87 bits per heavy atom. The van der Waals surface area contributed by atoms with Crippen molar-refractivity contribution in [2.75, 3.05) is 17.3 Å². The summed E-state index contributed by atoms with van der Waals surface area (Å²) < 4.78 is 26.3. The number of rotatable bonds is 8. The van der Waals surface area contributed by atoms with Crippen molar-refractivity contribution in [3.05, 3.63) is 41.7 Å². The van der Waals surface area contributed by atoms with E-state index >= 15 is 0 Å². The topological polar surface area (TPSA) is 85.2 Å². The van der Waals surface area contributed by atoms with Crippen LogP contribution in [0.2, 0.25) is 0 Å². The molecule has 1 aliphatic heterocycles. The van der Waals surface area contributed by atoms with Gasteiger partial charge < -0.3 is 9.47 Å². The first kappa shape index (κ1) is 20.1. The number of nitrogens with zero attached hydrogens (tertiary/aromatic N) is 4. The minimum Gasteiger partial charge on any atom is -0.334 e. The molecule has 1 aromatic heterocycles. The number of sulfone groups is 1. The van der Waals surface area contributed by atoms with E-state index < -0.39 is 9.84 Å². The summed E-state index contributed by atoms with van der Waals surface area (Å²) in [6.07, 6.45) is 5.17. The molecule has 7 nitrogen and oxygen atoms in total. The van der Waals surface area contributed by atoms with Crippen LogP contribution in [-0.4, -0.2) is 57.3 Å². The number of aromatic nitrogens is 3. The molecule has 3 aliphatic rings. The number of hydrogen-bond acceptors (Lipinski definition) is 6. The van der Waals surface area contributed by atoms with E-state index in [0.717, 1.165) is 29.4 Å². The van der Waals surface area contributed by atoms with Gasteiger partial charge in [0.25, 0.3) is 0 Å². The molecular weight excluding hydrogens is 420 g/mol. The molecule has 160 valence electrons. The Morgan fingerprint density at radius 1 is 1.10 bits per heavy atom. The molecule has 0 spiro atoms. The Bertz CT molecular complexity index is 1030. The third-order valence-corrected chi connectivity index (χ3v) is 8.71. The molecule has 2 heterocycles. The highest BCUT2D eigenvalue weighted by molar-refractivity contribution is 7.99. The Kier molecular flexibility index (Phi) is 5.35. The largest absolute Gasteiger partial charge is 0.334 e. The van der Waals surface area contributed by atoms with Crippen molar-refractivity contribution in [1.29, 1.82) is 0 Å². The summed E-state index contributed by atoms with van der Waals surface area (Å²) >= 11 is 1.44. The van der Waals surface area contributed by atoms with E-state index in [4.69, 9.17) is 0 Å². The molecule has 1 amide bonds. The normalized spacial score (nSPS) is 22.9. The van der Waals surface area contributed by atoms with Gasteiger partial charge in [0.2, 0.25) is 5.91 Å². The zero-order valence-electron chi connectivity index (χ0n) is 16.8. The molecule has 1 aromatic carbocycles. The predicted molar refractivity (Wildman–Crippen MR) is 115 cm³/mol. The van der Waals surface area contributed by atoms with Gasteiger partial charge in [0.15, 0.2) is 15.0 Å². The van der Waals surface area contributed by atoms with Crippen molar-refractivity contribution >= 4 is 27.5 Å². The first-order valence-corrected chi connectivity index (χ1v) is 13.4. The van der Waals surface area contributed by atoms with Crippen LogP contribution in [-0.2, 0) is 21.2 Å². The van der Waals surface area contributed by atoms with Crippen LogP contribution >= 0.6 is 11.8 Å². The molecule has 5 rings (SSSR count).